The van der Waals surface area contributed by atoms with Gasteiger partial charge >= 0.3 is 0 Å². The minimum Gasteiger partial charge on any atom is -0.456 e. The lowest BCUT2D eigenvalue weighted by Gasteiger charge is -2.12. The highest BCUT2D eigenvalue weighted by Gasteiger charge is 2.18. The van der Waals surface area contributed by atoms with E-state index in [1.807, 2.05) is 60.7 Å². The second kappa shape index (κ2) is 11.7. The van der Waals surface area contributed by atoms with E-state index in [9.17, 15) is 0 Å². The Kier molecular flexibility index (Phi) is 6.52. The van der Waals surface area contributed by atoms with Crippen LogP contribution in [0.3, 0.4) is 0 Å². The molecule has 11 aromatic rings. The molecule has 0 fully saturated rings. The number of aromatic nitrogens is 3. The first-order chi connectivity index (χ1) is 26.2. The fourth-order valence-corrected chi connectivity index (χ4v) is 7.97. The van der Waals surface area contributed by atoms with Crippen LogP contribution in [0, 0.1) is 0 Å². The highest BCUT2D eigenvalue weighted by Crippen LogP contribution is 2.39. The van der Waals surface area contributed by atoms with Crippen LogP contribution in [-0.4, -0.2) is 15.0 Å². The zero-order valence-corrected chi connectivity index (χ0v) is 28.5. The van der Waals surface area contributed by atoms with Crippen molar-refractivity contribution in [3.05, 3.63) is 176 Å². The second-order valence-electron chi connectivity index (χ2n) is 13.6. The van der Waals surface area contributed by atoms with Crippen LogP contribution in [0.1, 0.15) is 0 Å². The molecule has 0 saturated carbocycles. The lowest BCUT2D eigenvalue weighted by atomic mass is 9.92. The molecule has 4 nitrogen and oxygen atoms in total. The number of hydrogen-bond acceptors (Lipinski definition) is 4. The summed E-state index contributed by atoms with van der Waals surface area (Å²) in [6.07, 6.45) is 0. The van der Waals surface area contributed by atoms with Gasteiger partial charge in [-0.25, -0.2) is 15.0 Å². The van der Waals surface area contributed by atoms with Gasteiger partial charge in [0.1, 0.15) is 11.2 Å². The summed E-state index contributed by atoms with van der Waals surface area (Å²) in [6, 6.07) is 61.8. The molecule has 9 aromatic carbocycles. The van der Waals surface area contributed by atoms with Crippen LogP contribution in [-0.2, 0) is 0 Å². The van der Waals surface area contributed by atoms with Crippen molar-refractivity contribution in [2.45, 2.75) is 0 Å². The number of rotatable bonds is 4. The van der Waals surface area contributed by atoms with E-state index in [4.69, 9.17) is 19.4 Å². The van der Waals surface area contributed by atoms with Crippen LogP contribution in [0.4, 0.5) is 0 Å². The van der Waals surface area contributed by atoms with Gasteiger partial charge in [-0.3, -0.25) is 0 Å². The second-order valence-corrected chi connectivity index (χ2v) is 13.6. The number of hydrogen-bond donors (Lipinski definition) is 0. The Morgan fingerprint density at radius 2 is 0.925 bits per heavy atom. The number of benzene rings is 9. The predicted octanol–water partition coefficient (Wildman–Crippen LogP) is 13.1. The van der Waals surface area contributed by atoms with Crippen LogP contribution in [0.5, 0.6) is 0 Å². The van der Waals surface area contributed by atoms with E-state index in [1.54, 1.807) is 0 Å². The Labute approximate surface area is 304 Å². The van der Waals surface area contributed by atoms with Gasteiger partial charge in [-0.15, -0.1) is 0 Å². The smallest absolute Gasteiger partial charge is 0.164 e. The number of fused-ring (bicyclic) bond motifs is 10. The molecule has 4 heteroatoms. The predicted molar refractivity (Wildman–Crippen MR) is 219 cm³/mol. The molecule has 2 heterocycles. The van der Waals surface area contributed by atoms with Crippen LogP contribution in [0.25, 0.3) is 110 Å². The summed E-state index contributed by atoms with van der Waals surface area (Å²) in [5.74, 6) is 1.85. The lowest BCUT2D eigenvalue weighted by Crippen LogP contribution is -2.00. The van der Waals surface area contributed by atoms with Gasteiger partial charge in [0.2, 0.25) is 0 Å². The van der Waals surface area contributed by atoms with E-state index >= 15 is 0 Å². The fraction of sp³-hybridized carbons (Fsp3) is 0. The lowest BCUT2D eigenvalue weighted by molar-refractivity contribution is 0.669. The molecule has 0 aliphatic heterocycles. The molecule has 0 saturated heterocycles. The Balaban J connectivity index is 1.06. The SMILES string of the molecule is c1ccc(-c2nc(-c3cccc(-c4ccc5c(ccc6ccc7c8ccccc8ccc7c65)c4)c3)nc(-c3cccc4oc5ccccc5c34)n2)cc1. The molecule has 0 spiro atoms. The molecular weight excluding hydrogens is 647 g/mol. The third-order valence-electron chi connectivity index (χ3n) is 10.5. The molecule has 2 aromatic heterocycles. The van der Waals surface area contributed by atoms with Crippen molar-refractivity contribution in [3.8, 4) is 45.3 Å². The molecule has 0 aliphatic carbocycles. The number of furan rings is 1. The van der Waals surface area contributed by atoms with Crippen LogP contribution < -0.4 is 0 Å². The van der Waals surface area contributed by atoms with Crippen LogP contribution in [0.2, 0.25) is 0 Å². The van der Waals surface area contributed by atoms with Crippen LogP contribution >= 0.6 is 0 Å². The summed E-state index contributed by atoms with van der Waals surface area (Å²) in [4.78, 5) is 15.2. The van der Waals surface area contributed by atoms with Gasteiger partial charge in [0.25, 0.3) is 0 Å². The topological polar surface area (TPSA) is 51.8 Å². The van der Waals surface area contributed by atoms with E-state index in [0.717, 1.165) is 49.8 Å². The first-order valence-electron chi connectivity index (χ1n) is 17.9. The quantitative estimate of drug-likeness (QED) is 0.174. The number of para-hydroxylation sites is 1. The molecule has 0 aliphatic rings. The summed E-state index contributed by atoms with van der Waals surface area (Å²) < 4.78 is 6.23. The fourth-order valence-electron chi connectivity index (χ4n) is 7.97. The summed E-state index contributed by atoms with van der Waals surface area (Å²) >= 11 is 0. The van der Waals surface area contributed by atoms with Gasteiger partial charge in [-0.1, -0.05) is 152 Å². The van der Waals surface area contributed by atoms with E-state index in [2.05, 4.69) is 115 Å². The van der Waals surface area contributed by atoms with E-state index < -0.39 is 0 Å². The maximum atomic E-state index is 6.23. The monoisotopic (exact) mass is 675 g/mol. The van der Waals surface area contributed by atoms with Crippen molar-refractivity contribution in [1.29, 1.82) is 0 Å². The van der Waals surface area contributed by atoms with Gasteiger partial charge < -0.3 is 4.42 Å². The first kappa shape index (κ1) is 29.5. The van der Waals surface area contributed by atoms with Crippen molar-refractivity contribution in [1.82, 2.24) is 15.0 Å². The van der Waals surface area contributed by atoms with Gasteiger partial charge in [0.05, 0.1) is 0 Å². The highest BCUT2D eigenvalue weighted by atomic mass is 16.3. The molecule has 246 valence electrons. The summed E-state index contributed by atoms with van der Waals surface area (Å²) in [5, 5.41) is 12.1. The standard InChI is InChI=1S/C49H29N3O/c1-2-11-32(12-3-1)47-50-48(52-49(51-47)42-17-9-19-44-46(42)41-16-6-7-18-43(41)53-44)36-14-8-13-33(29-36)34-24-25-38-35(28-34)21-20-31-23-26-39-37-15-5-4-10-30(37)22-27-40(39)45(31)38/h1-29H. The Morgan fingerprint density at radius 3 is 1.85 bits per heavy atom. The summed E-state index contributed by atoms with van der Waals surface area (Å²) in [5.41, 5.74) is 6.64. The van der Waals surface area contributed by atoms with E-state index in [-0.39, 0.29) is 0 Å². The van der Waals surface area contributed by atoms with Gasteiger partial charge in [-0.05, 0) is 78.5 Å². The minimum absolute atomic E-state index is 0.606. The Bertz CT molecular complexity index is 3240. The maximum absolute atomic E-state index is 6.23. The maximum Gasteiger partial charge on any atom is 0.164 e. The van der Waals surface area contributed by atoms with E-state index in [1.165, 1.54) is 43.1 Å². The van der Waals surface area contributed by atoms with Gasteiger partial charge in [0, 0.05) is 27.5 Å². The normalized spacial score (nSPS) is 11.8. The molecule has 0 amide bonds. The summed E-state index contributed by atoms with van der Waals surface area (Å²) in [6.45, 7) is 0. The minimum atomic E-state index is 0.606. The Morgan fingerprint density at radius 1 is 0.302 bits per heavy atom. The molecule has 0 unspecified atom stereocenters. The average Bonchev–Trinajstić information content (AvgIpc) is 3.62. The van der Waals surface area contributed by atoms with Gasteiger partial charge in [-0.2, -0.15) is 0 Å². The molecular formula is C49H29N3O. The van der Waals surface area contributed by atoms with Crippen molar-refractivity contribution in [2.24, 2.45) is 0 Å². The van der Waals surface area contributed by atoms with Crippen molar-refractivity contribution < 1.29 is 4.42 Å². The van der Waals surface area contributed by atoms with Crippen molar-refractivity contribution in [2.75, 3.05) is 0 Å². The molecule has 0 radical (unpaired) electrons. The Hall–Kier alpha value is -7.17. The zero-order valence-electron chi connectivity index (χ0n) is 28.5. The zero-order chi connectivity index (χ0) is 34.9. The highest BCUT2D eigenvalue weighted by molar-refractivity contribution is 6.24. The van der Waals surface area contributed by atoms with Gasteiger partial charge in [0.15, 0.2) is 17.5 Å². The first-order valence-corrected chi connectivity index (χ1v) is 17.9. The molecule has 53 heavy (non-hydrogen) atoms. The molecule has 0 N–H and O–H groups in total. The molecule has 0 bridgehead atoms. The van der Waals surface area contributed by atoms with E-state index in [0.29, 0.717) is 17.5 Å². The van der Waals surface area contributed by atoms with Crippen molar-refractivity contribution in [3.63, 3.8) is 0 Å². The number of nitrogens with zero attached hydrogens (tertiary/aromatic N) is 3. The molecule has 0 atom stereocenters. The summed E-state index contributed by atoms with van der Waals surface area (Å²) in [7, 11) is 0. The third kappa shape index (κ3) is 4.80. The largest absolute Gasteiger partial charge is 0.456 e. The third-order valence-corrected chi connectivity index (χ3v) is 10.5. The van der Waals surface area contributed by atoms with Crippen LogP contribution in [0.15, 0.2) is 180 Å². The van der Waals surface area contributed by atoms with Crippen molar-refractivity contribution >= 4 is 65.0 Å². The molecule has 11 rings (SSSR count). The average molecular weight is 676 g/mol.